The molecule has 0 spiro atoms. The number of carbonyl (C=O) groups excluding carboxylic acids is 3. The summed E-state index contributed by atoms with van der Waals surface area (Å²) in [5.74, 6) is -0.757. The number of imidazole rings is 1. The van der Waals surface area contributed by atoms with E-state index in [0.717, 1.165) is 11.0 Å². The molecular weight excluding hydrogens is 286 g/mol. The number of nitrogens with zero attached hydrogens (tertiary/aromatic N) is 2. The Hall–Kier alpha value is -2.90. The Morgan fingerprint density at radius 1 is 1.32 bits per heavy atom. The predicted octanol–water partition coefficient (Wildman–Crippen LogP) is -0.249. The molecule has 1 saturated heterocycles. The molecule has 8 heteroatoms. The van der Waals surface area contributed by atoms with E-state index in [4.69, 9.17) is 0 Å². The first-order chi connectivity index (χ1) is 10.6. The van der Waals surface area contributed by atoms with E-state index in [9.17, 15) is 14.4 Å². The van der Waals surface area contributed by atoms with Crippen molar-refractivity contribution >= 4 is 28.9 Å². The van der Waals surface area contributed by atoms with E-state index in [-0.39, 0.29) is 12.3 Å². The van der Waals surface area contributed by atoms with Gasteiger partial charge < -0.3 is 15.2 Å². The summed E-state index contributed by atoms with van der Waals surface area (Å²) in [6, 6.07) is 6.38. The number of nitrogens with one attached hydrogen (secondary N) is 3. The number of amides is 4. The van der Waals surface area contributed by atoms with Crippen LogP contribution in [0.25, 0.3) is 11.0 Å². The molecule has 1 fully saturated rings. The molecule has 114 valence electrons. The standard InChI is InChI=1S/C14H15N5O3/c20-12(7-10-13(21)18-14(22)17-10)15-5-6-19-8-16-9-3-1-2-4-11(9)19/h1-4,8,10H,5-7H2,(H,15,20)(H2,17,18,21,22)/t10-/m0/s1. The number of hydrogen-bond donors (Lipinski definition) is 3. The number of para-hydroxylation sites is 2. The average molecular weight is 301 g/mol. The maximum absolute atomic E-state index is 11.8. The Labute approximate surface area is 125 Å². The predicted molar refractivity (Wildman–Crippen MR) is 77.8 cm³/mol. The second-order valence-corrected chi connectivity index (χ2v) is 5.00. The smallest absolute Gasteiger partial charge is 0.322 e. The highest BCUT2D eigenvalue weighted by Gasteiger charge is 2.30. The van der Waals surface area contributed by atoms with Crippen LogP contribution in [0.4, 0.5) is 4.79 Å². The van der Waals surface area contributed by atoms with Gasteiger partial charge in [-0.3, -0.25) is 14.9 Å². The van der Waals surface area contributed by atoms with Crippen LogP contribution in [0.5, 0.6) is 0 Å². The molecule has 2 heterocycles. The van der Waals surface area contributed by atoms with Crippen molar-refractivity contribution in [1.29, 1.82) is 0 Å². The molecule has 22 heavy (non-hydrogen) atoms. The first-order valence-electron chi connectivity index (χ1n) is 6.91. The maximum Gasteiger partial charge on any atom is 0.322 e. The zero-order chi connectivity index (χ0) is 15.5. The number of carbonyl (C=O) groups is 3. The number of fused-ring (bicyclic) bond motifs is 1. The SMILES string of the molecule is O=C(C[C@@H]1NC(=O)NC1=O)NCCn1cnc2ccccc21. The van der Waals surface area contributed by atoms with Crippen LogP contribution in [0.3, 0.4) is 0 Å². The lowest BCUT2D eigenvalue weighted by Gasteiger charge is -2.09. The van der Waals surface area contributed by atoms with Crippen LogP contribution < -0.4 is 16.0 Å². The largest absolute Gasteiger partial charge is 0.354 e. The van der Waals surface area contributed by atoms with Gasteiger partial charge in [0, 0.05) is 13.1 Å². The van der Waals surface area contributed by atoms with Gasteiger partial charge in [0.2, 0.25) is 5.91 Å². The monoisotopic (exact) mass is 301 g/mol. The highest BCUT2D eigenvalue weighted by molar-refractivity contribution is 6.05. The molecule has 1 aliphatic rings. The third-order valence-corrected chi connectivity index (χ3v) is 3.45. The summed E-state index contributed by atoms with van der Waals surface area (Å²) in [4.78, 5) is 38.3. The van der Waals surface area contributed by atoms with Gasteiger partial charge in [0.05, 0.1) is 23.8 Å². The van der Waals surface area contributed by atoms with Crippen LogP contribution >= 0.6 is 0 Å². The van der Waals surface area contributed by atoms with Crippen LogP contribution in [0.2, 0.25) is 0 Å². The molecule has 0 bridgehead atoms. The van der Waals surface area contributed by atoms with Gasteiger partial charge in [-0.05, 0) is 12.1 Å². The Kier molecular flexibility index (Phi) is 3.73. The van der Waals surface area contributed by atoms with Crippen molar-refractivity contribution in [2.75, 3.05) is 6.54 Å². The molecule has 3 N–H and O–H groups in total. The van der Waals surface area contributed by atoms with E-state index in [2.05, 4.69) is 20.9 Å². The van der Waals surface area contributed by atoms with Crippen LogP contribution in [-0.2, 0) is 16.1 Å². The first-order valence-corrected chi connectivity index (χ1v) is 6.91. The zero-order valence-electron chi connectivity index (χ0n) is 11.7. The van der Waals surface area contributed by atoms with Gasteiger partial charge in [0.15, 0.2) is 0 Å². The summed E-state index contributed by atoms with van der Waals surface area (Å²) in [7, 11) is 0. The number of imide groups is 1. The molecule has 2 aromatic rings. The topological polar surface area (TPSA) is 105 Å². The number of aromatic nitrogens is 2. The molecule has 8 nitrogen and oxygen atoms in total. The Bertz CT molecular complexity index is 739. The molecule has 0 aliphatic carbocycles. The lowest BCUT2D eigenvalue weighted by molar-refractivity contribution is -0.126. The van der Waals surface area contributed by atoms with E-state index in [1.807, 2.05) is 28.8 Å². The first kappa shape index (κ1) is 14.1. The van der Waals surface area contributed by atoms with Crippen molar-refractivity contribution in [2.24, 2.45) is 0 Å². The fourth-order valence-corrected chi connectivity index (χ4v) is 2.36. The summed E-state index contributed by atoms with van der Waals surface area (Å²) in [5.41, 5.74) is 1.90. The number of hydrogen-bond acceptors (Lipinski definition) is 4. The molecule has 0 unspecified atom stereocenters. The number of urea groups is 1. The van der Waals surface area contributed by atoms with Crippen molar-refractivity contribution in [3.63, 3.8) is 0 Å². The molecule has 3 rings (SSSR count). The van der Waals surface area contributed by atoms with Crippen LogP contribution in [0.1, 0.15) is 6.42 Å². The molecule has 0 saturated carbocycles. The normalized spacial score (nSPS) is 17.4. The van der Waals surface area contributed by atoms with E-state index in [1.54, 1.807) is 6.33 Å². The van der Waals surface area contributed by atoms with Gasteiger partial charge in [-0.15, -0.1) is 0 Å². The van der Waals surface area contributed by atoms with Crippen molar-refractivity contribution in [3.8, 4) is 0 Å². The fourth-order valence-electron chi connectivity index (χ4n) is 2.36. The summed E-state index contributed by atoms with van der Waals surface area (Å²) in [5, 5.41) is 7.21. The minimum atomic E-state index is -0.790. The summed E-state index contributed by atoms with van der Waals surface area (Å²) in [6.45, 7) is 0.997. The van der Waals surface area contributed by atoms with Crippen molar-refractivity contribution in [2.45, 2.75) is 19.0 Å². The van der Waals surface area contributed by atoms with Crippen LogP contribution in [0, 0.1) is 0 Å². The lowest BCUT2D eigenvalue weighted by Crippen LogP contribution is -2.37. The van der Waals surface area contributed by atoms with Gasteiger partial charge >= 0.3 is 6.03 Å². The van der Waals surface area contributed by atoms with Crippen LogP contribution in [0.15, 0.2) is 30.6 Å². The second kappa shape index (κ2) is 5.84. The van der Waals surface area contributed by atoms with E-state index >= 15 is 0 Å². The molecule has 1 aliphatic heterocycles. The molecule has 4 amide bonds. The summed E-state index contributed by atoms with van der Waals surface area (Å²) >= 11 is 0. The quantitative estimate of drug-likeness (QED) is 0.662. The van der Waals surface area contributed by atoms with Gasteiger partial charge in [0.25, 0.3) is 5.91 Å². The molecular formula is C14H15N5O3. The highest BCUT2D eigenvalue weighted by Crippen LogP contribution is 2.11. The lowest BCUT2D eigenvalue weighted by atomic mass is 10.2. The average Bonchev–Trinajstić information content (AvgIpc) is 3.03. The summed E-state index contributed by atoms with van der Waals surface area (Å²) in [6.07, 6.45) is 1.66. The van der Waals surface area contributed by atoms with Crippen LogP contribution in [-0.4, -0.2) is 40.0 Å². The highest BCUT2D eigenvalue weighted by atomic mass is 16.2. The maximum atomic E-state index is 11.8. The zero-order valence-corrected chi connectivity index (χ0v) is 11.7. The van der Waals surface area contributed by atoms with Gasteiger partial charge in [-0.2, -0.15) is 0 Å². The third-order valence-electron chi connectivity index (χ3n) is 3.45. The Morgan fingerprint density at radius 3 is 2.91 bits per heavy atom. The number of benzene rings is 1. The van der Waals surface area contributed by atoms with E-state index < -0.39 is 18.0 Å². The second-order valence-electron chi connectivity index (χ2n) is 5.00. The van der Waals surface area contributed by atoms with Gasteiger partial charge in [-0.25, -0.2) is 9.78 Å². The number of rotatable bonds is 5. The van der Waals surface area contributed by atoms with E-state index in [1.165, 1.54) is 0 Å². The third kappa shape index (κ3) is 2.90. The van der Waals surface area contributed by atoms with Crippen molar-refractivity contribution in [3.05, 3.63) is 30.6 Å². The minimum Gasteiger partial charge on any atom is -0.354 e. The van der Waals surface area contributed by atoms with Gasteiger partial charge in [0.1, 0.15) is 6.04 Å². The molecule has 1 aromatic heterocycles. The Morgan fingerprint density at radius 2 is 2.14 bits per heavy atom. The Balaban J connectivity index is 1.49. The molecule has 1 aromatic carbocycles. The van der Waals surface area contributed by atoms with E-state index in [0.29, 0.717) is 13.1 Å². The van der Waals surface area contributed by atoms with Gasteiger partial charge in [-0.1, -0.05) is 12.1 Å². The molecule has 0 radical (unpaired) electrons. The van der Waals surface area contributed by atoms with Crippen molar-refractivity contribution < 1.29 is 14.4 Å². The fraction of sp³-hybridized carbons (Fsp3) is 0.286. The summed E-state index contributed by atoms with van der Waals surface area (Å²) < 4.78 is 1.94. The minimum absolute atomic E-state index is 0.0672. The van der Waals surface area contributed by atoms with Crippen molar-refractivity contribution in [1.82, 2.24) is 25.5 Å². The molecule has 1 atom stereocenters.